The molecule has 25 heavy (non-hydrogen) atoms. The minimum absolute atomic E-state index is 0. The lowest BCUT2D eigenvalue weighted by Gasteiger charge is -2.35. The molecule has 1 saturated heterocycles. The van der Waals surface area contributed by atoms with Crippen LogP contribution in [0, 0.1) is 0 Å². The van der Waals surface area contributed by atoms with Crippen LogP contribution in [0.25, 0.3) is 0 Å². The van der Waals surface area contributed by atoms with Crippen LogP contribution in [0.2, 0.25) is 5.02 Å². The third-order valence-corrected chi connectivity index (χ3v) is 4.07. The molecule has 2 rings (SSSR count). The third-order valence-electron chi connectivity index (χ3n) is 3.83. The highest BCUT2D eigenvalue weighted by atomic mass is 35.5. The van der Waals surface area contributed by atoms with Crippen molar-refractivity contribution in [1.29, 1.82) is 0 Å². The highest BCUT2D eigenvalue weighted by molar-refractivity contribution is 6.31. The van der Waals surface area contributed by atoms with Crippen molar-refractivity contribution in [3.8, 4) is 5.75 Å². The predicted octanol–water partition coefficient (Wildman–Crippen LogP) is 2.34. The zero-order valence-electron chi connectivity index (χ0n) is 13.5. The second kappa shape index (κ2) is 9.47. The van der Waals surface area contributed by atoms with Crippen molar-refractivity contribution in [3.63, 3.8) is 0 Å². The van der Waals surface area contributed by atoms with Crippen LogP contribution in [-0.2, 0) is 0 Å². The lowest BCUT2D eigenvalue weighted by molar-refractivity contribution is -0.183. The molecular formula is C15H20Cl2F3N3O2. The van der Waals surface area contributed by atoms with E-state index < -0.39 is 24.7 Å². The van der Waals surface area contributed by atoms with Crippen LogP contribution >= 0.6 is 24.0 Å². The number of nitrogens with zero attached hydrogens (tertiary/aromatic N) is 1. The van der Waals surface area contributed by atoms with Gasteiger partial charge in [0.15, 0.2) is 0 Å². The van der Waals surface area contributed by atoms with Gasteiger partial charge in [0.05, 0.1) is 12.7 Å². The molecule has 5 nitrogen and oxygen atoms in total. The minimum atomic E-state index is -4.43. The van der Waals surface area contributed by atoms with E-state index in [1.54, 1.807) is 0 Å². The van der Waals surface area contributed by atoms with Crippen molar-refractivity contribution in [1.82, 2.24) is 15.5 Å². The maximum Gasteiger partial charge on any atom is 0.405 e. The normalized spacial score (nSPS) is 16.7. The second-order valence-corrected chi connectivity index (χ2v) is 5.83. The van der Waals surface area contributed by atoms with E-state index in [2.05, 4.69) is 10.6 Å². The number of alkyl halides is 3. The Bertz CT molecular complexity index is 582. The molecule has 0 saturated carbocycles. The Morgan fingerprint density at radius 1 is 1.40 bits per heavy atom. The first-order valence-corrected chi connectivity index (χ1v) is 7.84. The van der Waals surface area contributed by atoms with Gasteiger partial charge in [-0.15, -0.1) is 12.4 Å². The van der Waals surface area contributed by atoms with Gasteiger partial charge in [0.1, 0.15) is 11.8 Å². The van der Waals surface area contributed by atoms with E-state index in [1.807, 2.05) is 0 Å². The van der Waals surface area contributed by atoms with Gasteiger partial charge in [-0.2, -0.15) is 13.2 Å². The quantitative estimate of drug-likeness (QED) is 0.794. The van der Waals surface area contributed by atoms with Crippen LogP contribution in [0.4, 0.5) is 13.2 Å². The Kier molecular flexibility index (Phi) is 8.27. The molecule has 1 amide bonds. The number of halogens is 5. The molecule has 1 aliphatic heterocycles. The van der Waals surface area contributed by atoms with Crippen LogP contribution in [0.3, 0.4) is 0 Å². The number of carbonyl (C=O) groups excluding carboxylic acids is 1. The summed E-state index contributed by atoms with van der Waals surface area (Å²) >= 11 is 5.84. The van der Waals surface area contributed by atoms with Gasteiger partial charge < -0.3 is 15.4 Å². The first-order chi connectivity index (χ1) is 11.3. The van der Waals surface area contributed by atoms with Crippen LogP contribution in [0.1, 0.15) is 10.4 Å². The SMILES string of the molecule is COc1ccc(Cl)cc1C(=O)NCC(N1CCNCC1)C(F)(F)F.Cl. The summed E-state index contributed by atoms with van der Waals surface area (Å²) in [7, 11) is 1.37. The number of carbonyl (C=O) groups is 1. The van der Waals surface area contributed by atoms with E-state index in [0.29, 0.717) is 18.1 Å². The number of ether oxygens (including phenoxy) is 1. The molecule has 142 valence electrons. The molecular weight excluding hydrogens is 382 g/mol. The number of nitrogens with one attached hydrogen (secondary N) is 2. The molecule has 1 aromatic carbocycles. The molecule has 1 fully saturated rings. The summed E-state index contributed by atoms with van der Waals surface area (Å²) in [5.74, 6) is -0.402. The van der Waals surface area contributed by atoms with Gasteiger partial charge in [0.2, 0.25) is 0 Å². The molecule has 0 aromatic heterocycles. The second-order valence-electron chi connectivity index (χ2n) is 5.40. The number of piperazine rings is 1. The number of hydrogen-bond donors (Lipinski definition) is 2. The molecule has 1 unspecified atom stereocenters. The lowest BCUT2D eigenvalue weighted by atomic mass is 10.1. The molecule has 1 atom stereocenters. The summed E-state index contributed by atoms with van der Waals surface area (Å²) in [4.78, 5) is 13.6. The van der Waals surface area contributed by atoms with Gasteiger partial charge in [-0.05, 0) is 18.2 Å². The topological polar surface area (TPSA) is 53.6 Å². The zero-order valence-corrected chi connectivity index (χ0v) is 15.1. The van der Waals surface area contributed by atoms with E-state index in [-0.39, 0.29) is 36.8 Å². The maximum atomic E-state index is 13.3. The van der Waals surface area contributed by atoms with Crippen LogP contribution in [-0.4, -0.2) is 62.9 Å². The average molecular weight is 402 g/mol. The average Bonchev–Trinajstić information content (AvgIpc) is 2.54. The van der Waals surface area contributed by atoms with Crippen molar-refractivity contribution in [3.05, 3.63) is 28.8 Å². The smallest absolute Gasteiger partial charge is 0.405 e. The molecule has 10 heteroatoms. The van der Waals surface area contributed by atoms with Crippen molar-refractivity contribution < 1.29 is 22.7 Å². The van der Waals surface area contributed by atoms with Gasteiger partial charge in [-0.1, -0.05) is 11.6 Å². The van der Waals surface area contributed by atoms with Crippen LogP contribution in [0.5, 0.6) is 5.75 Å². The standard InChI is InChI=1S/C15H19ClF3N3O2.ClH/c1-24-12-3-2-10(16)8-11(12)14(23)21-9-13(15(17,18)19)22-6-4-20-5-7-22;/h2-3,8,13,20H,4-7,9H2,1H3,(H,21,23);1H. The number of benzene rings is 1. The number of methoxy groups -OCH3 is 1. The highest BCUT2D eigenvalue weighted by Gasteiger charge is 2.43. The Labute approximate surface area is 155 Å². The van der Waals surface area contributed by atoms with Gasteiger partial charge >= 0.3 is 6.18 Å². The maximum absolute atomic E-state index is 13.3. The summed E-state index contributed by atoms with van der Waals surface area (Å²) in [6.45, 7) is 1.00. The molecule has 1 heterocycles. The van der Waals surface area contributed by atoms with Gasteiger partial charge in [-0.25, -0.2) is 0 Å². The number of hydrogen-bond acceptors (Lipinski definition) is 4. The molecule has 0 aliphatic carbocycles. The zero-order chi connectivity index (χ0) is 17.7. The first-order valence-electron chi connectivity index (χ1n) is 7.46. The fraction of sp³-hybridized carbons (Fsp3) is 0.533. The minimum Gasteiger partial charge on any atom is -0.496 e. The number of rotatable bonds is 5. The lowest BCUT2D eigenvalue weighted by Crippen LogP contribution is -2.57. The largest absolute Gasteiger partial charge is 0.496 e. The molecule has 2 N–H and O–H groups in total. The van der Waals surface area contributed by atoms with Crippen LogP contribution < -0.4 is 15.4 Å². The summed E-state index contributed by atoms with van der Waals surface area (Å²) in [5, 5.41) is 5.65. The summed E-state index contributed by atoms with van der Waals surface area (Å²) in [6, 6.07) is 2.67. The Morgan fingerprint density at radius 3 is 2.60 bits per heavy atom. The fourth-order valence-electron chi connectivity index (χ4n) is 2.59. The Morgan fingerprint density at radius 2 is 2.04 bits per heavy atom. The third kappa shape index (κ3) is 5.91. The summed E-state index contributed by atoms with van der Waals surface area (Å²) in [5.41, 5.74) is 0.103. The monoisotopic (exact) mass is 401 g/mol. The highest BCUT2D eigenvalue weighted by Crippen LogP contribution is 2.26. The Balaban J connectivity index is 0.00000312. The predicted molar refractivity (Wildman–Crippen MR) is 91.9 cm³/mol. The summed E-state index contributed by atoms with van der Waals surface area (Å²) in [6.07, 6.45) is -4.43. The van der Waals surface area contributed by atoms with Crippen molar-refractivity contribution in [2.45, 2.75) is 12.2 Å². The van der Waals surface area contributed by atoms with Gasteiger partial charge in [-0.3, -0.25) is 9.69 Å². The van der Waals surface area contributed by atoms with Crippen molar-refractivity contribution in [2.75, 3.05) is 39.8 Å². The molecule has 1 aromatic rings. The fourth-order valence-corrected chi connectivity index (χ4v) is 2.76. The molecule has 0 spiro atoms. The Hall–Kier alpha value is -1.22. The van der Waals surface area contributed by atoms with E-state index in [9.17, 15) is 18.0 Å². The van der Waals surface area contributed by atoms with E-state index in [4.69, 9.17) is 16.3 Å². The molecule has 0 radical (unpaired) electrons. The van der Waals surface area contributed by atoms with Crippen molar-refractivity contribution >= 4 is 29.9 Å². The molecule has 1 aliphatic rings. The first kappa shape index (κ1) is 21.8. The van der Waals surface area contributed by atoms with E-state index in [1.165, 1.54) is 30.2 Å². The number of amides is 1. The van der Waals surface area contributed by atoms with Crippen molar-refractivity contribution in [2.24, 2.45) is 0 Å². The van der Waals surface area contributed by atoms with Gasteiger partial charge in [0, 0.05) is 37.7 Å². The summed E-state index contributed by atoms with van der Waals surface area (Å²) < 4.78 is 45.0. The van der Waals surface area contributed by atoms with Gasteiger partial charge in [0.25, 0.3) is 5.91 Å². The van der Waals surface area contributed by atoms with E-state index >= 15 is 0 Å². The van der Waals surface area contributed by atoms with E-state index in [0.717, 1.165) is 0 Å². The molecule has 0 bridgehead atoms. The van der Waals surface area contributed by atoms with Crippen LogP contribution in [0.15, 0.2) is 18.2 Å².